The topological polar surface area (TPSA) is 57.7 Å². The second-order valence-corrected chi connectivity index (χ2v) is 9.40. The number of rotatable bonds is 5. The molecule has 1 aliphatic heterocycles. The molecule has 2 rings (SSSR count). The molecule has 0 saturated carbocycles. The molecule has 1 unspecified atom stereocenters. The number of halogens is 3. The van der Waals surface area contributed by atoms with Crippen LogP contribution in [0, 0.1) is 0 Å². The van der Waals surface area contributed by atoms with Crippen LogP contribution in [0.4, 0.5) is 13.2 Å². The minimum absolute atomic E-state index is 0.0529. The van der Waals surface area contributed by atoms with E-state index in [4.69, 9.17) is 0 Å². The Morgan fingerprint density at radius 3 is 2.31 bits per heavy atom. The first kappa shape index (κ1) is 20.8. The standard InChI is InChI=1S/C16H19F3N2O3S2/c1-20(2)21(13-9-10-26(23,24)11-13)15(22)8-5-12-3-6-14(7-4-12)25-16(17,18)19/h3-8,13H,9-11H2,1-2H3/b8-5+. The van der Waals surface area contributed by atoms with Crippen molar-refractivity contribution in [3.05, 3.63) is 35.9 Å². The Kier molecular flexibility index (Phi) is 6.41. The Morgan fingerprint density at radius 2 is 1.85 bits per heavy atom. The van der Waals surface area contributed by atoms with Crippen molar-refractivity contribution in [2.24, 2.45) is 0 Å². The molecule has 0 radical (unpaired) electrons. The van der Waals surface area contributed by atoms with Crippen molar-refractivity contribution < 1.29 is 26.4 Å². The van der Waals surface area contributed by atoms with Gasteiger partial charge in [0, 0.05) is 25.1 Å². The minimum Gasteiger partial charge on any atom is -0.268 e. The molecule has 1 fully saturated rings. The predicted molar refractivity (Wildman–Crippen MR) is 95.0 cm³/mol. The average Bonchev–Trinajstić information content (AvgIpc) is 2.84. The second kappa shape index (κ2) is 8.01. The normalized spacial score (nSPS) is 20.0. The highest BCUT2D eigenvalue weighted by Crippen LogP contribution is 2.36. The van der Waals surface area contributed by atoms with Gasteiger partial charge in [-0.15, -0.1) is 0 Å². The van der Waals surface area contributed by atoms with E-state index >= 15 is 0 Å². The fourth-order valence-electron chi connectivity index (χ4n) is 2.70. The van der Waals surface area contributed by atoms with Gasteiger partial charge >= 0.3 is 5.51 Å². The SMILES string of the molecule is CN(C)N(C(=O)/C=C/c1ccc(SC(F)(F)F)cc1)C1CCS(=O)(=O)C1. The molecule has 0 aliphatic carbocycles. The molecular weight excluding hydrogens is 389 g/mol. The first-order chi connectivity index (χ1) is 12.0. The molecule has 0 aromatic heterocycles. The maximum absolute atomic E-state index is 12.5. The fraction of sp³-hybridized carbons (Fsp3) is 0.438. The van der Waals surface area contributed by atoms with Crippen molar-refractivity contribution in [2.45, 2.75) is 22.9 Å². The summed E-state index contributed by atoms with van der Waals surface area (Å²) in [4.78, 5) is 12.5. The first-order valence-corrected chi connectivity index (χ1v) is 10.4. The second-order valence-electron chi connectivity index (χ2n) is 6.04. The van der Waals surface area contributed by atoms with Gasteiger partial charge in [0.2, 0.25) is 0 Å². The van der Waals surface area contributed by atoms with Crippen LogP contribution < -0.4 is 0 Å². The van der Waals surface area contributed by atoms with Crippen LogP contribution in [0.25, 0.3) is 6.08 Å². The Bertz CT molecular complexity index is 775. The largest absolute Gasteiger partial charge is 0.446 e. The Hall–Kier alpha value is -1.52. The number of carbonyl (C=O) groups is 1. The fourth-order valence-corrected chi connectivity index (χ4v) is 4.93. The Morgan fingerprint density at radius 1 is 1.23 bits per heavy atom. The van der Waals surface area contributed by atoms with Gasteiger partial charge in [-0.2, -0.15) is 13.2 Å². The molecule has 5 nitrogen and oxygen atoms in total. The number of hydrazine groups is 1. The van der Waals surface area contributed by atoms with Crippen molar-refractivity contribution >= 4 is 33.6 Å². The minimum atomic E-state index is -4.35. The van der Waals surface area contributed by atoms with Crippen LogP contribution in [0.1, 0.15) is 12.0 Å². The van der Waals surface area contributed by atoms with E-state index in [-0.39, 0.29) is 34.1 Å². The van der Waals surface area contributed by atoms with Crippen LogP contribution in [-0.4, -0.2) is 61.5 Å². The molecule has 0 N–H and O–H groups in total. The van der Waals surface area contributed by atoms with E-state index in [0.717, 1.165) is 0 Å². The number of thioether (sulfide) groups is 1. The summed E-state index contributed by atoms with van der Waals surface area (Å²) < 4.78 is 60.2. The Labute approximate surface area is 154 Å². The van der Waals surface area contributed by atoms with Crippen LogP contribution in [0.15, 0.2) is 35.2 Å². The van der Waals surface area contributed by atoms with Crippen molar-refractivity contribution in [1.29, 1.82) is 0 Å². The van der Waals surface area contributed by atoms with E-state index in [9.17, 15) is 26.4 Å². The zero-order chi connectivity index (χ0) is 19.5. The maximum Gasteiger partial charge on any atom is 0.446 e. The van der Waals surface area contributed by atoms with Gasteiger partial charge in [-0.25, -0.2) is 13.4 Å². The number of sulfone groups is 1. The predicted octanol–water partition coefficient (Wildman–Crippen LogP) is 2.80. The third-order valence-corrected chi connectivity index (χ3v) is 6.23. The number of carbonyl (C=O) groups excluding carboxylic acids is 1. The summed E-state index contributed by atoms with van der Waals surface area (Å²) in [5, 5.41) is 2.93. The molecule has 1 aromatic rings. The summed E-state index contributed by atoms with van der Waals surface area (Å²) in [7, 11) is 0.172. The molecule has 0 spiro atoms. The van der Waals surface area contributed by atoms with Gasteiger partial charge in [0.25, 0.3) is 5.91 Å². The molecule has 1 atom stereocenters. The van der Waals surface area contributed by atoms with Gasteiger partial charge in [0.15, 0.2) is 9.84 Å². The smallest absolute Gasteiger partial charge is 0.268 e. The monoisotopic (exact) mass is 408 g/mol. The van der Waals surface area contributed by atoms with Gasteiger partial charge in [0.1, 0.15) is 0 Å². The van der Waals surface area contributed by atoms with E-state index < -0.39 is 21.4 Å². The summed E-state index contributed by atoms with van der Waals surface area (Å²) in [6, 6.07) is 5.21. The van der Waals surface area contributed by atoms with E-state index in [2.05, 4.69) is 0 Å². The summed E-state index contributed by atoms with van der Waals surface area (Å²) in [5.41, 5.74) is -3.77. The molecule has 1 aliphatic rings. The lowest BCUT2D eigenvalue weighted by Crippen LogP contribution is -2.48. The summed E-state index contributed by atoms with van der Waals surface area (Å²) in [5.74, 6) is -0.406. The molecule has 10 heteroatoms. The zero-order valence-electron chi connectivity index (χ0n) is 14.2. The van der Waals surface area contributed by atoms with Gasteiger partial charge in [-0.3, -0.25) is 9.80 Å². The van der Waals surface area contributed by atoms with Crippen molar-refractivity contribution in [2.75, 3.05) is 25.6 Å². The zero-order valence-corrected chi connectivity index (χ0v) is 15.9. The van der Waals surface area contributed by atoms with Gasteiger partial charge in [-0.05, 0) is 42.0 Å². The lowest BCUT2D eigenvalue weighted by molar-refractivity contribution is -0.143. The molecule has 1 aromatic carbocycles. The van der Waals surface area contributed by atoms with E-state index in [0.29, 0.717) is 12.0 Å². The summed E-state index contributed by atoms with van der Waals surface area (Å²) in [6.45, 7) is 0. The number of hydrogen-bond donors (Lipinski definition) is 0. The van der Waals surface area contributed by atoms with Crippen LogP contribution in [0.3, 0.4) is 0 Å². The third kappa shape index (κ3) is 6.03. The van der Waals surface area contributed by atoms with Gasteiger partial charge in [0.05, 0.1) is 17.5 Å². The number of alkyl halides is 3. The first-order valence-electron chi connectivity index (χ1n) is 7.71. The number of hydrogen-bond acceptors (Lipinski definition) is 5. The lowest BCUT2D eigenvalue weighted by Gasteiger charge is -2.32. The maximum atomic E-state index is 12.5. The molecule has 0 bridgehead atoms. The van der Waals surface area contributed by atoms with Crippen molar-refractivity contribution in [3.63, 3.8) is 0 Å². The van der Waals surface area contributed by atoms with Crippen LogP contribution in [0.5, 0.6) is 0 Å². The molecule has 26 heavy (non-hydrogen) atoms. The number of amides is 1. The van der Waals surface area contributed by atoms with Crippen LogP contribution in [-0.2, 0) is 14.6 Å². The molecule has 1 heterocycles. The van der Waals surface area contributed by atoms with E-state index in [1.807, 2.05) is 0 Å². The highest BCUT2D eigenvalue weighted by atomic mass is 32.2. The molecule has 1 saturated heterocycles. The quantitative estimate of drug-likeness (QED) is 0.426. The molecule has 144 valence electrons. The third-order valence-electron chi connectivity index (χ3n) is 3.74. The lowest BCUT2D eigenvalue weighted by atomic mass is 10.2. The van der Waals surface area contributed by atoms with Gasteiger partial charge in [-0.1, -0.05) is 12.1 Å². The Balaban J connectivity index is 2.06. The average molecular weight is 408 g/mol. The van der Waals surface area contributed by atoms with Crippen molar-refractivity contribution in [1.82, 2.24) is 10.0 Å². The summed E-state index contributed by atoms with van der Waals surface area (Å²) >= 11 is -0.204. The highest BCUT2D eigenvalue weighted by Gasteiger charge is 2.35. The molecule has 1 amide bonds. The summed E-state index contributed by atoms with van der Waals surface area (Å²) in [6.07, 6.45) is 3.16. The van der Waals surface area contributed by atoms with Gasteiger partial charge < -0.3 is 0 Å². The highest BCUT2D eigenvalue weighted by molar-refractivity contribution is 8.00. The van der Waals surface area contributed by atoms with Crippen molar-refractivity contribution in [3.8, 4) is 0 Å². The van der Waals surface area contributed by atoms with Crippen LogP contribution >= 0.6 is 11.8 Å². The number of benzene rings is 1. The van der Waals surface area contributed by atoms with E-state index in [1.165, 1.54) is 41.4 Å². The van der Waals surface area contributed by atoms with Crippen LogP contribution in [0.2, 0.25) is 0 Å². The molecular formula is C16H19F3N2O3S2. The van der Waals surface area contributed by atoms with E-state index in [1.54, 1.807) is 19.1 Å². The number of nitrogens with zero attached hydrogens (tertiary/aromatic N) is 2.